The number of aromatic nitrogens is 1. The van der Waals surface area contributed by atoms with Gasteiger partial charge in [-0.1, -0.05) is 42.0 Å². The second kappa shape index (κ2) is 5.60. The van der Waals surface area contributed by atoms with Crippen LogP contribution in [0, 0.1) is 11.6 Å². The second-order valence-electron chi connectivity index (χ2n) is 4.08. The molecule has 0 aliphatic carbocycles. The molecule has 2 rings (SSSR count). The zero-order chi connectivity index (χ0) is 13.0. The highest BCUT2D eigenvalue weighted by molar-refractivity contribution is 7.71. The van der Waals surface area contributed by atoms with Crippen LogP contribution in [-0.4, -0.2) is 10.9 Å². The van der Waals surface area contributed by atoms with Gasteiger partial charge >= 0.3 is 0 Å². The van der Waals surface area contributed by atoms with Gasteiger partial charge in [-0.2, -0.15) is 0 Å². The Bertz CT molecular complexity index is 602. The van der Waals surface area contributed by atoms with Crippen molar-refractivity contribution in [3.63, 3.8) is 0 Å². The molecular formula is C14H14N2OS. The first-order valence-electron chi connectivity index (χ1n) is 5.68. The second-order valence-corrected chi connectivity index (χ2v) is 4.49. The molecule has 1 amide bonds. The van der Waals surface area contributed by atoms with Gasteiger partial charge in [0.05, 0.1) is 5.56 Å². The third kappa shape index (κ3) is 3.05. The third-order valence-electron chi connectivity index (χ3n) is 2.64. The highest BCUT2D eigenvalue weighted by Crippen LogP contribution is 2.04. The first kappa shape index (κ1) is 12.5. The molecule has 0 bridgehead atoms. The topological polar surface area (TPSA) is 44.9 Å². The number of benzene rings is 1. The highest BCUT2D eigenvalue weighted by atomic mass is 32.1. The molecule has 0 saturated heterocycles. The number of carbonyl (C=O) groups is 1. The summed E-state index contributed by atoms with van der Waals surface area (Å²) >= 11 is 5.06. The minimum atomic E-state index is -0.155. The van der Waals surface area contributed by atoms with E-state index in [0.29, 0.717) is 16.7 Å². The maximum absolute atomic E-state index is 11.9. The van der Waals surface area contributed by atoms with E-state index in [0.717, 1.165) is 5.56 Å². The fourth-order valence-corrected chi connectivity index (χ4v) is 1.81. The standard InChI is InChI=1S/C14H14N2OS/c1-10-4-6-11(7-5-10)9-16-13(17)12-3-2-8-15-14(12)18/h2-8H,9H2,1H3,(H,15,18)(H,16,17). The summed E-state index contributed by atoms with van der Waals surface area (Å²) in [5.41, 5.74) is 2.77. The van der Waals surface area contributed by atoms with Gasteiger partial charge < -0.3 is 10.3 Å². The monoisotopic (exact) mass is 258 g/mol. The van der Waals surface area contributed by atoms with Crippen molar-refractivity contribution < 1.29 is 4.79 Å². The van der Waals surface area contributed by atoms with Gasteiger partial charge in [0, 0.05) is 12.7 Å². The number of nitrogens with one attached hydrogen (secondary N) is 2. The Morgan fingerprint density at radius 1 is 1.28 bits per heavy atom. The molecule has 0 unspecified atom stereocenters. The van der Waals surface area contributed by atoms with Crippen LogP contribution in [0.3, 0.4) is 0 Å². The smallest absolute Gasteiger partial charge is 0.254 e. The minimum Gasteiger partial charge on any atom is -0.352 e. The lowest BCUT2D eigenvalue weighted by atomic mass is 10.1. The molecule has 0 saturated carbocycles. The molecule has 4 heteroatoms. The molecule has 0 aliphatic heterocycles. The molecule has 0 radical (unpaired) electrons. The van der Waals surface area contributed by atoms with Crippen LogP contribution in [0.1, 0.15) is 21.5 Å². The Hall–Kier alpha value is -1.94. The van der Waals surface area contributed by atoms with Gasteiger partial charge in [-0.15, -0.1) is 0 Å². The Kier molecular flexibility index (Phi) is 3.89. The van der Waals surface area contributed by atoms with Gasteiger partial charge in [0.1, 0.15) is 4.64 Å². The molecule has 1 aromatic heterocycles. The van der Waals surface area contributed by atoms with Gasteiger partial charge in [-0.3, -0.25) is 4.79 Å². The van der Waals surface area contributed by atoms with E-state index in [1.807, 2.05) is 31.2 Å². The fraction of sp³-hybridized carbons (Fsp3) is 0.143. The van der Waals surface area contributed by atoms with Crippen LogP contribution in [0.25, 0.3) is 0 Å². The van der Waals surface area contributed by atoms with Crippen LogP contribution in [0.5, 0.6) is 0 Å². The number of pyridine rings is 1. The van der Waals surface area contributed by atoms with E-state index in [4.69, 9.17) is 12.2 Å². The van der Waals surface area contributed by atoms with Gasteiger partial charge in [0.2, 0.25) is 0 Å². The molecule has 2 N–H and O–H groups in total. The van der Waals surface area contributed by atoms with E-state index in [9.17, 15) is 4.79 Å². The van der Waals surface area contributed by atoms with Crippen molar-refractivity contribution in [3.8, 4) is 0 Å². The van der Waals surface area contributed by atoms with Crippen LogP contribution in [-0.2, 0) is 6.54 Å². The lowest BCUT2D eigenvalue weighted by Crippen LogP contribution is -2.23. The minimum absolute atomic E-state index is 0.155. The molecule has 2 aromatic rings. The van der Waals surface area contributed by atoms with Crippen molar-refractivity contribution in [3.05, 3.63) is 63.9 Å². The van der Waals surface area contributed by atoms with E-state index < -0.39 is 0 Å². The van der Waals surface area contributed by atoms with Crippen LogP contribution >= 0.6 is 12.2 Å². The summed E-state index contributed by atoms with van der Waals surface area (Å²) in [4.78, 5) is 14.7. The molecule has 0 spiro atoms. The predicted molar refractivity (Wildman–Crippen MR) is 74.0 cm³/mol. The number of hydrogen-bond acceptors (Lipinski definition) is 2. The number of aromatic amines is 1. The Morgan fingerprint density at radius 3 is 2.67 bits per heavy atom. The Balaban J connectivity index is 2.03. The molecule has 18 heavy (non-hydrogen) atoms. The quantitative estimate of drug-likeness (QED) is 0.831. The molecule has 3 nitrogen and oxygen atoms in total. The van der Waals surface area contributed by atoms with Crippen molar-refractivity contribution in [2.24, 2.45) is 0 Å². The van der Waals surface area contributed by atoms with Crippen molar-refractivity contribution in [1.82, 2.24) is 10.3 Å². The van der Waals surface area contributed by atoms with Crippen molar-refractivity contribution in [1.29, 1.82) is 0 Å². The lowest BCUT2D eigenvalue weighted by Gasteiger charge is -2.05. The van der Waals surface area contributed by atoms with Gasteiger partial charge in [-0.25, -0.2) is 0 Å². The number of hydrogen-bond donors (Lipinski definition) is 2. The lowest BCUT2D eigenvalue weighted by molar-refractivity contribution is 0.0950. The van der Waals surface area contributed by atoms with Crippen LogP contribution in [0.2, 0.25) is 0 Å². The number of carbonyl (C=O) groups excluding carboxylic acids is 1. The number of aryl methyl sites for hydroxylation is 1. The molecule has 1 heterocycles. The average molecular weight is 258 g/mol. The van der Waals surface area contributed by atoms with Crippen LogP contribution in [0.15, 0.2) is 42.6 Å². The highest BCUT2D eigenvalue weighted by Gasteiger charge is 2.06. The Morgan fingerprint density at radius 2 is 2.00 bits per heavy atom. The summed E-state index contributed by atoms with van der Waals surface area (Å²) in [5.74, 6) is -0.155. The first-order chi connectivity index (χ1) is 8.66. The largest absolute Gasteiger partial charge is 0.352 e. The Labute approximate surface area is 111 Å². The predicted octanol–water partition coefficient (Wildman–Crippen LogP) is 2.98. The third-order valence-corrected chi connectivity index (χ3v) is 2.97. The normalized spacial score (nSPS) is 10.1. The summed E-state index contributed by atoms with van der Waals surface area (Å²) in [5, 5.41) is 2.85. The summed E-state index contributed by atoms with van der Waals surface area (Å²) < 4.78 is 0.457. The zero-order valence-electron chi connectivity index (χ0n) is 10.1. The van der Waals surface area contributed by atoms with Crippen molar-refractivity contribution in [2.75, 3.05) is 0 Å². The van der Waals surface area contributed by atoms with Gasteiger partial charge in [-0.05, 0) is 24.6 Å². The van der Waals surface area contributed by atoms with E-state index in [1.54, 1.807) is 18.3 Å². The van der Waals surface area contributed by atoms with Crippen molar-refractivity contribution >= 4 is 18.1 Å². The summed E-state index contributed by atoms with van der Waals surface area (Å²) in [7, 11) is 0. The molecule has 0 fully saturated rings. The maximum Gasteiger partial charge on any atom is 0.254 e. The maximum atomic E-state index is 11.9. The number of H-pyrrole nitrogens is 1. The van der Waals surface area contributed by atoms with Gasteiger partial charge in [0.15, 0.2) is 0 Å². The molecule has 1 aromatic carbocycles. The van der Waals surface area contributed by atoms with E-state index >= 15 is 0 Å². The van der Waals surface area contributed by atoms with Crippen LogP contribution in [0.4, 0.5) is 0 Å². The van der Waals surface area contributed by atoms with Gasteiger partial charge in [0.25, 0.3) is 5.91 Å². The molecule has 0 aliphatic rings. The van der Waals surface area contributed by atoms with Crippen LogP contribution < -0.4 is 5.32 Å². The van der Waals surface area contributed by atoms with Crippen molar-refractivity contribution in [2.45, 2.75) is 13.5 Å². The van der Waals surface area contributed by atoms with E-state index in [-0.39, 0.29) is 5.91 Å². The molecular weight excluding hydrogens is 244 g/mol. The summed E-state index contributed by atoms with van der Waals surface area (Å²) in [6, 6.07) is 11.5. The first-order valence-corrected chi connectivity index (χ1v) is 6.09. The summed E-state index contributed by atoms with van der Waals surface area (Å²) in [6.45, 7) is 2.54. The van der Waals surface area contributed by atoms with E-state index in [2.05, 4.69) is 10.3 Å². The number of rotatable bonds is 3. The molecule has 92 valence electrons. The number of amides is 1. The fourth-order valence-electron chi connectivity index (χ4n) is 1.58. The average Bonchev–Trinajstić information content (AvgIpc) is 2.38. The zero-order valence-corrected chi connectivity index (χ0v) is 10.9. The summed E-state index contributed by atoms with van der Waals surface area (Å²) in [6.07, 6.45) is 1.71. The molecule has 0 atom stereocenters. The van der Waals surface area contributed by atoms with E-state index in [1.165, 1.54) is 5.56 Å². The SMILES string of the molecule is Cc1ccc(CNC(=O)c2ccc[nH]c2=S)cc1.